The van der Waals surface area contributed by atoms with Gasteiger partial charge in [-0.05, 0) is 45.5 Å². The maximum Gasteiger partial charge on any atom is 0.253 e. The Bertz CT molecular complexity index is 1120. The van der Waals surface area contributed by atoms with Crippen molar-refractivity contribution >= 4 is 22.6 Å². The van der Waals surface area contributed by atoms with Crippen molar-refractivity contribution in [2.75, 3.05) is 38.7 Å². The lowest BCUT2D eigenvalue weighted by molar-refractivity contribution is 0.100. The SMILES string of the molecule is CN(C)C1CCN(c2cc(-c3cnc4c(c3)CCCO4)c3nc[nH]c3c2C(N)=O)C1. The fourth-order valence-electron chi connectivity index (χ4n) is 4.58. The molecule has 2 aromatic heterocycles. The van der Waals surface area contributed by atoms with Crippen molar-refractivity contribution < 1.29 is 9.53 Å². The zero-order valence-electron chi connectivity index (χ0n) is 17.3. The summed E-state index contributed by atoms with van der Waals surface area (Å²) in [7, 11) is 4.18. The lowest BCUT2D eigenvalue weighted by Gasteiger charge is -2.24. The number of likely N-dealkylation sites (N-methyl/N-ethyl adjacent to an activating group) is 1. The van der Waals surface area contributed by atoms with E-state index in [1.54, 1.807) is 6.33 Å². The van der Waals surface area contributed by atoms with Crippen molar-refractivity contribution in [3.8, 4) is 17.0 Å². The summed E-state index contributed by atoms with van der Waals surface area (Å²) >= 11 is 0. The smallest absolute Gasteiger partial charge is 0.253 e. The number of pyridine rings is 1. The summed E-state index contributed by atoms with van der Waals surface area (Å²) in [6.07, 6.45) is 6.42. The second kappa shape index (κ2) is 7.28. The number of imidazole rings is 1. The molecule has 0 saturated carbocycles. The first kappa shape index (κ1) is 18.9. The van der Waals surface area contributed by atoms with E-state index in [2.05, 4.69) is 44.9 Å². The van der Waals surface area contributed by atoms with Crippen molar-refractivity contribution in [1.82, 2.24) is 19.9 Å². The Labute approximate surface area is 175 Å². The first-order chi connectivity index (χ1) is 14.5. The van der Waals surface area contributed by atoms with E-state index in [1.807, 2.05) is 12.3 Å². The van der Waals surface area contributed by atoms with Crippen molar-refractivity contribution in [2.24, 2.45) is 5.73 Å². The number of aromatic nitrogens is 3. The Morgan fingerprint density at radius 1 is 1.33 bits per heavy atom. The number of benzene rings is 1. The number of carbonyl (C=O) groups is 1. The van der Waals surface area contributed by atoms with Crippen molar-refractivity contribution in [2.45, 2.75) is 25.3 Å². The minimum absolute atomic E-state index is 0.439. The van der Waals surface area contributed by atoms with Crippen LogP contribution in [0.2, 0.25) is 0 Å². The molecular formula is C22H26N6O2. The largest absolute Gasteiger partial charge is 0.477 e. The predicted molar refractivity (Wildman–Crippen MR) is 116 cm³/mol. The maximum absolute atomic E-state index is 12.5. The minimum Gasteiger partial charge on any atom is -0.477 e. The van der Waals surface area contributed by atoms with Gasteiger partial charge < -0.3 is 25.3 Å². The van der Waals surface area contributed by atoms with Crippen LogP contribution in [0.5, 0.6) is 5.88 Å². The van der Waals surface area contributed by atoms with Gasteiger partial charge in [-0.2, -0.15) is 0 Å². The Morgan fingerprint density at radius 3 is 2.97 bits per heavy atom. The van der Waals surface area contributed by atoms with Crippen LogP contribution in [0.25, 0.3) is 22.2 Å². The van der Waals surface area contributed by atoms with Gasteiger partial charge in [0.25, 0.3) is 5.91 Å². The molecule has 30 heavy (non-hydrogen) atoms. The average Bonchev–Trinajstić information content (AvgIpc) is 3.42. The molecule has 0 aliphatic carbocycles. The van der Waals surface area contributed by atoms with E-state index in [4.69, 9.17) is 10.5 Å². The molecule has 1 unspecified atom stereocenters. The van der Waals surface area contributed by atoms with Crippen LogP contribution in [0.4, 0.5) is 5.69 Å². The number of hydrogen-bond donors (Lipinski definition) is 2. The van der Waals surface area contributed by atoms with Gasteiger partial charge in [0.1, 0.15) is 0 Å². The molecular weight excluding hydrogens is 380 g/mol. The van der Waals surface area contributed by atoms with Crippen LogP contribution in [0.3, 0.4) is 0 Å². The number of anilines is 1. The van der Waals surface area contributed by atoms with Gasteiger partial charge in [-0.15, -0.1) is 0 Å². The number of ether oxygens (including phenoxy) is 1. The highest BCUT2D eigenvalue weighted by atomic mass is 16.5. The van der Waals surface area contributed by atoms with Crippen LogP contribution < -0.4 is 15.4 Å². The fourth-order valence-corrected chi connectivity index (χ4v) is 4.58. The van der Waals surface area contributed by atoms with Crippen molar-refractivity contribution in [3.05, 3.63) is 35.8 Å². The van der Waals surface area contributed by atoms with Crippen LogP contribution in [0.1, 0.15) is 28.8 Å². The van der Waals surface area contributed by atoms with Crippen LogP contribution in [0, 0.1) is 0 Å². The van der Waals surface area contributed by atoms with E-state index >= 15 is 0 Å². The molecule has 3 aromatic rings. The van der Waals surface area contributed by atoms with E-state index < -0.39 is 5.91 Å². The van der Waals surface area contributed by atoms with E-state index in [0.29, 0.717) is 29.6 Å². The van der Waals surface area contributed by atoms with Crippen LogP contribution in [-0.4, -0.2) is 65.6 Å². The molecule has 2 aliphatic rings. The molecule has 1 atom stereocenters. The number of carbonyl (C=O) groups excluding carboxylic acids is 1. The van der Waals surface area contributed by atoms with E-state index in [-0.39, 0.29) is 0 Å². The Hall–Kier alpha value is -3.13. The van der Waals surface area contributed by atoms with E-state index in [0.717, 1.165) is 60.2 Å². The second-order valence-corrected chi connectivity index (χ2v) is 8.30. The number of nitrogens with two attached hydrogens (primary N) is 1. The Morgan fingerprint density at radius 2 is 2.20 bits per heavy atom. The number of nitrogens with one attached hydrogen (secondary N) is 1. The van der Waals surface area contributed by atoms with Crippen molar-refractivity contribution in [1.29, 1.82) is 0 Å². The topological polar surface area (TPSA) is 100 Å². The maximum atomic E-state index is 12.5. The summed E-state index contributed by atoms with van der Waals surface area (Å²) in [6, 6.07) is 4.62. The molecule has 8 nitrogen and oxygen atoms in total. The predicted octanol–water partition coefficient (Wildman–Crippen LogP) is 2.19. The monoisotopic (exact) mass is 406 g/mol. The molecule has 5 rings (SSSR count). The molecule has 156 valence electrons. The molecule has 1 aromatic carbocycles. The fraction of sp³-hybridized carbons (Fsp3) is 0.409. The summed E-state index contributed by atoms with van der Waals surface area (Å²) in [4.78, 5) is 29.1. The number of rotatable bonds is 4. The Balaban J connectivity index is 1.67. The number of aryl methyl sites for hydroxylation is 1. The van der Waals surface area contributed by atoms with Gasteiger partial charge in [0, 0.05) is 42.0 Å². The molecule has 8 heteroatoms. The van der Waals surface area contributed by atoms with Gasteiger partial charge in [-0.25, -0.2) is 9.97 Å². The summed E-state index contributed by atoms with van der Waals surface area (Å²) in [5.41, 5.74) is 11.6. The van der Waals surface area contributed by atoms with E-state index in [9.17, 15) is 4.79 Å². The first-order valence-corrected chi connectivity index (χ1v) is 10.4. The summed E-state index contributed by atoms with van der Waals surface area (Å²) in [5.74, 6) is 0.265. The third kappa shape index (κ3) is 3.08. The number of H-pyrrole nitrogens is 1. The number of amides is 1. The van der Waals surface area contributed by atoms with Crippen LogP contribution >= 0.6 is 0 Å². The molecule has 1 saturated heterocycles. The number of fused-ring (bicyclic) bond motifs is 2. The molecule has 2 aliphatic heterocycles. The number of primary amides is 1. The Kier molecular flexibility index (Phi) is 4.58. The minimum atomic E-state index is -0.448. The highest BCUT2D eigenvalue weighted by Crippen LogP contribution is 2.38. The molecule has 0 spiro atoms. The molecule has 4 heterocycles. The highest BCUT2D eigenvalue weighted by molar-refractivity contribution is 6.12. The van der Waals surface area contributed by atoms with Crippen molar-refractivity contribution in [3.63, 3.8) is 0 Å². The quantitative estimate of drug-likeness (QED) is 0.689. The van der Waals surface area contributed by atoms with Gasteiger partial charge in [-0.3, -0.25) is 4.79 Å². The summed E-state index contributed by atoms with van der Waals surface area (Å²) < 4.78 is 5.67. The van der Waals surface area contributed by atoms with Gasteiger partial charge >= 0.3 is 0 Å². The zero-order valence-corrected chi connectivity index (χ0v) is 17.3. The van der Waals surface area contributed by atoms with Crippen LogP contribution in [0.15, 0.2) is 24.7 Å². The molecule has 0 radical (unpaired) electrons. The standard InChI is InChI=1S/C22H26N6O2/c1-27(2)15-5-6-28(11-15)17-9-16(19-20(26-12-25-19)18(17)21(23)29)14-8-13-4-3-7-30-22(13)24-10-14/h8-10,12,15H,3-7,11H2,1-2H3,(H2,23,29)(H,25,26). The van der Waals surface area contributed by atoms with Gasteiger partial charge in [0.15, 0.2) is 0 Å². The third-order valence-corrected chi connectivity index (χ3v) is 6.23. The molecule has 1 fully saturated rings. The number of aromatic amines is 1. The van der Waals surface area contributed by atoms with Gasteiger partial charge in [-0.1, -0.05) is 0 Å². The molecule has 0 bridgehead atoms. The first-order valence-electron chi connectivity index (χ1n) is 10.4. The normalized spacial score (nSPS) is 18.6. The average molecular weight is 406 g/mol. The summed E-state index contributed by atoms with van der Waals surface area (Å²) in [5, 5.41) is 0. The highest BCUT2D eigenvalue weighted by Gasteiger charge is 2.29. The number of hydrogen-bond acceptors (Lipinski definition) is 6. The van der Waals surface area contributed by atoms with Gasteiger partial charge in [0.2, 0.25) is 5.88 Å². The second-order valence-electron chi connectivity index (χ2n) is 8.30. The van der Waals surface area contributed by atoms with Gasteiger partial charge in [0.05, 0.1) is 35.2 Å². The third-order valence-electron chi connectivity index (χ3n) is 6.23. The van der Waals surface area contributed by atoms with E-state index in [1.165, 1.54) is 0 Å². The van der Waals surface area contributed by atoms with Crippen LogP contribution in [-0.2, 0) is 6.42 Å². The molecule has 3 N–H and O–H groups in total. The zero-order chi connectivity index (χ0) is 20.8. The lowest BCUT2D eigenvalue weighted by atomic mass is 9.97. The number of nitrogens with zero attached hydrogens (tertiary/aromatic N) is 4. The summed E-state index contributed by atoms with van der Waals surface area (Å²) in [6.45, 7) is 2.43. The molecule has 1 amide bonds. The lowest BCUT2D eigenvalue weighted by Crippen LogP contribution is -2.32.